The van der Waals surface area contributed by atoms with Gasteiger partial charge in [-0.15, -0.1) is 0 Å². The van der Waals surface area contributed by atoms with Gasteiger partial charge in [0.2, 0.25) is 0 Å². The van der Waals surface area contributed by atoms with E-state index >= 15 is 0 Å². The van der Waals surface area contributed by atoms with Gasteiger partial charge in [0.15, 0.2) is 0 Å². The molecule has 19 heavy (non-hydrogen) atoms. The molecule has 0 aliphatic carbocycles. The average molecular weight is 357 g/mol. The zero-order valence-electron chi connectivity index (χ0n) is 9.86. The summed E-state index contributed by atoms with van der Waals surface area (Å²) in [6.45, 7) is 0. The summed E-state index contributed by atoms with van der Waals surface area (Å²) < 4.78 is 2.00. The molecule has 0 aromatic heterocycles. The zero-order chi connectivity index (χ0) is 13.8. The molecule has 1 N–H and O–H groups in total. The molecule has 0 saturated heterocycles. The normalized spacial score (nSPS) is 11.1. The van der Waals surface area contributed by atoms with Crippen LogP contribution in [0.25, 0.3) is 0 Å². The van der Waals surface area contributed by atoms with Crippen molar-refractivity contribution in [2.24, 2.45) is 0 Å². The van der Waals surface area contributed by atoms with Gasteiger partial charge in [-0.05, 0) is 0 Å². The molecule has 0 spiro atoms. The fourth-order valence-corrected chi connectivity index (χ4v) is 5.09. The minimum absolute atomic E-state index is 0.0295. The fourth-order valence-electron chi connectivity index (χ4n) is 1.71. The number of hydrogen-bond acceptors (Lipinski definition) is 1. The Morgan fingerprint density at radius 3 is 2.32 bits per heavy atom. The van der Waals surface area contributed by atoms with Crippen LogP contribution in [0.5, 0.6) is 0 Å². The van der Waals surface area contributed by atoms with Crippen molar-refractivity contribution in [3.63, 3.8) is 0 Å². The molecule has 2 aromatic rings. The van der Waals surface area contributed by atoms with Gasteiger partial charge in [0.05, 0.1) is 0 Å². The summed E-state index contributed by atoms with van der Waals surface area (Å²) in [6.07, 6.45) is 0.0295. The first-order valence-corrected chi connectivity index (χ1v) is 8.44. The number of benzene rings is 2. The molecule has 0 amide bonds. The summed E-state index contributed by atoms with van der Waals surface area (Å²) >= 11 is 11.6. The van der Waals surface area contributed by atoms with E-state index in [1.807, 2.05) is 42.5 Å². The van der Waals surface area contributed by atoms with Crippen LogP contribution in [0.15, 0.2) is 42.5 Å². The van der Waals surface area contributed by atoms with Gasteiger partial charge < -0.3 is 0 Å². The molecule has 1 unspecified atom stereocenters. The van der Waals surface area contributed by atoms with Crippen molar-refractivity contribution < 1.29 is 9.90 Å². The summed E-state index contributed by atoms with van der Waals surface area (Å²) in [7, 11) is 0. The maximum absolute atomic E-state index is 10.9. The third-order valence-electron chi connectivity index (χ3n) is 2.58. The van der Waals surface area contributed by atoms with Crippen molar-refractivity contribution in [1.29, 1.82) is 0 Å². The minimum atomic E-state index is -0.829. The van der Waals surface area contributed by atoms with Gasteiger partial charge in [-0.1, -0.05) is 0 Å². The molecule has 0 saturated carbocycles. The number of carboxylic acids is 1. The first-order chi connectivity index (χ1) is 9.08. The van der Waals surface area contributed by atoms with E-state index in [-0.39, 0.29) is 6.42 Å². The summed E-state index contributed by atoms with van der Waals surface area (Å²) in [5.41, 5.74) is 0.839. The van der Waals surface area contributed by atoms with Gasteiger partial charge in [-0.25, -0.2) is 0 Å². The van der Waals surface area contributed by atoms with Crippen LogP contribution in [-0.2, 0) is 11.2 Å². The van der Waals surface area contributed by atoms with E-state index in [2.05, 4.69) is 0 Å². The third-order valence-corrected chi connectivity index (χ3v) is 7.12. The van der Waals surface area contributed by atoms with Crippen molar-refractivity contribution in [3.8, 4) is 0 Å². The Hall–Kier alpha value is -0.952. The van der Waals surface area contributed by atoms with Crippen LogP contribution in [0.1, 0.15) is 5.56 Å². The predicted octanol–water partition coefficient (Wildman–Crippen LogP) is 2.01. The summed E-state index contributed by atoms with van der Waals surface area (Å²) in [5, 5.41) is 10.2. The van der Waals surface area contributed by atoms with Gasteiger partial charge >= 0.3 is 128 Å². The van der Waals surface area contributed by atoms with Crippen LogP contribution >= 0.6 is 23.2 Å². The van der Waals surface area contributed by atoms with E-state index in [4.69, 9.17) is 28.3 Å². The molecule has 0 fully saturated rings. The first-order valence-electron chi connectivity index (χ1n) is 5.58. The third kappa shape index (κ3) is 3.76. The first kappa shape index (κ1) is 14.5. The molecule has 2 rings (SSSR count). The van der Waals surface area contributed by atoms with E-state index < -0.39 is 21.7 Å². The maximum atomic E-state index is 10.9. The topological polar surface area (TPSA) is 37.3 Å². The summed E-state index contributed by atoms with van der Waals surface area (Å²) in [6, 6.07) is 13.0. The molecular formula is C14H11AsCl2O2. The average Bonchev–Trinajstić information content (AvgIpc) is 2.35. The fraction of sp³-hybridized carbons (Fsp3) is 0.0714. The van der Waals surface area contributed by atoms with E-state index in [1.165, 1.54) is 0 Å². The Morgan fingerprint density at radius 2 is 1.68 bits per heavy atom. The summed E-state index contributed by atoms with van der Waals surface area (Å²) in [5.74, 6) is -0.829. The molecule has 98 valence electrons. The van der Waals surface area contributed by atoms with Crippen molar-refractivity contribution in [1.82, 2.24) is 0 Å². The monoisotopic (exact) mass is 356 g/mol. The number of aliphatic carboxylic acids is 1. The standard InChI is InChI=1S/C14H11AsCl2O2/c16-11-6-3-7-12(17)14(11)15-10-5-2-1-4-9(10)8-13(18)19/h1-7,15H,8H2,(H,18,19). The molecule has 2 nitrogen and oxygen atoms in total. The molecule has 5 heteroatoms. The van der Waals surface area contributed by atoms with Gasteiger partial charge in [-0.2, -0.15) is 0 Å². The zero-order valence-corrected chi connectivity index (χ0v) is 13.5. The molecule has 0 heterocycles. The van der Waals surface area contributed by atoms with Crippen molar-refractivity contribution in [2.45, 2.75) is 6.42 Å². The van der Waals surface area contributed by atoms with Crippen LogP contribution in [0.2, 0.25) is 10.0 Å². The van der Waals surface area contributed by atoms with E-state index in [9.17, 15) is 4.79 Å². The number of halogens is 2. The Balaban J connectivity index is 2.36. The number of hydrogen-bond donors (Lipinski definition) is 1. The van der Waals surface area contributed by atoms with Gasteiger partial charge in [0.1, 0.15) is 0 Å². The SMILES string of the molecule is O=C(O)Cc1ccccc1[AsH]c1c(Cl)cccc1Cl. The van der Waals surface area contributed by atoms with Gasteiger partial charge in [0, 0.05) is 0 Å². The molecule has 0 aliphatic heterocycles. The van der Waals surface area contributed by atoms with Crippen molar-refractivity contribution >= 4 is 53.6 Å². The Bertz CT molecular complexity index is 594. The molecule has 2 aromatic carbocycles. The van der Waals surface area contributed by atoms with Crippen molar-refractivity contribution in [2.75, 3.05) is 0 Å². The van der Waals surface area contributed by atoms with Gasteiger partial charge in [-0.3, -0.25) is 0 Å². The molecular weight excluding hydrogens is 346 g/mol. The summed E-state index contributed by atoms with van der Waals surface area (Å²) in [4.78, 5) is 10.9. The van der Waals surface area contributed by atoms with Crippen LogP contribution in [0.3, 0.4) is 0 Å². The van der Waals surface area contributed by atoms with Gasteiger partial charge in [0.25, 0.3) is 0 Å². The van der Waals surface area contributed by atoms with Crippen LogP contribution in [0.4, 0.5) is 0 Å². The van der Waals surface area contributed by atoms with E-state index in [1.54, 1.807) is 0 Å². The Morgan fingerprint density at radius 1 is 1.05 bits per heavy atom. The van der Waals surface area contributed by atoms with E-state index in [0.29, 0.717) is 10.0 Å². The predicted molar refractivity (Wildman–Crippen MR) is 80.7 cm³/mol. The second kappa shape index (κ2) is 6.47. The van der Waals surface area contributed by atoms with E-state index in [0.717, 1.165) is 14.3 Å². The second-order valence-electron chi connectivity index (χ2n) is 3.95. The quantitative estimate of drug-likeness (QED) is 0.851. The Kier molecular flexibility index (Phi) is 4.92. The number of carboxylic acid groups (broad SMARTS) is 1. The Labute approximate surface area is 128 Å². The molecule has 0 aliphatic rings. The van der Waals surface area contributed by atoms with Crippen molar-refractivity contribution in [3.05, 3.63) is 58.1 Å². The number of carbonyl (C=O) groups is 1. The second-order valence-corrected chi connectivity index (χ2v) is 7.47. The van der Waals surface area contributed by atoms with Crippen LogP contribution < -0.4 is 8.70 Å². The molecule has 0 bridgehead atoms. The van der Waals surface area contributed by atoms with Crippen LogP contribution in [-0.4, -0.2) is 26.8 Å². The molecule has 0 radical (unpaired) electrons. The molecule has 1 atom stereocenters. The van der Waals surface area contributed by atoms with Crippen LogP contribution in [0, 0.1) is 0 Å². The number of rotatable bonds is 4.